The van der Waals surface area contributed by atoms with E-state index in [4.69, 9.17) is 4.74 Å². The van der Waals surface area contributed by atoms with Crippen molar-refractivity contribution in [2.75, 3.05) is 6.61 Å². The lowest BCUT2D eigenvalue weighted by molar-refractivity contribution is 0.0826. The first kappa shape index (κ1) is 12.7. The molecule has 0 saturated carbocycles. The van der Waals surface area contributed by atoms with Crippen molar-refractivity contribution in [2.24, 2.45) is 0 Å². The summed E-state index contributed by atoms with van der Waals surface area (Å²) < 4.78 is 5.49. The fraction of sp³-hybridized carbons (Fsp3) is 0.333. The van der Waals surface area contributed by atoms with Crippen LogP contribution in [0, 0.1) is 0 Å². The average molecular weight is 216 g/mol. The van der Waals surface area contributed by atoms with E-state index >= 15 is 0 Å². The van der Waals surface area contributed by atoms with Gasteiger partial charge in [-0.25, -0.2) is 0 Å². The van der Waals surface area contributed by atoms with E-state index in [0.717, 1.165) is 13.0 Å². The summed E-state index contributed by atoms with van der Waals surface area (Å²) in [6, 6.07) is 10.3. The van der Waals surface area contributed by atoms with Crippen LogP contribution in [0.1, 0.15) is 25.8 Å². The molecule has 0 heterocycles. The molecule has 0 radical (unpaired) electrons. The average Bonchev–Trinajstić information content (AvgIpc) is 2.30. The first-order valence-electron chi connectivity index (χ1n) is 5.73. The monoisotopic (exact) mass is 216 g/mol. The second-order valence-electron chi connectivity index (χ2n) is 3.94. The molecule has 0 fully saturated rings. The van der Waals surface area contributed by atoms with Gasteiger partial charge in [-0.05, 0) is 31.4 Å². The van der Waals surface area contributed by atoms with Crippen molar-refractivity contribution in [3.8, 4) is 0 Å². The maximum absolute atomic E-state index is 5.49. The zero-order chi connectivity index (χ0) is 11.8. The summed E-state index contributed by atoms with van der Waals surface area (Å²) in [5.41, 5.74) is 2.38. The van der Waals surface area contributed by atoms with Crippen LogP contribution in [-0.2, 0) is 4.74 Å². The van der Waals surface area contributed by atoms with Gasteiger partial charge < -0.3 is 4.74 Å². The van der Waals surface area contributed by atoms with E-state index in [0.29, 0.717) is 6.10 Å². The number of rotatable bonds is 6. The molecule has 0 aliphatic rings. The summed E-state index contributed by atoms with van der Waals surface area (Å²) in [6.45, 7) is 8.71. The van der Waals surface area contributed by atoms with Gasteiger partial charge in [0.25, 0.3) is 0 Å². The van der Waals surface area contributed by atoms with Gasteiger partial charge in [0.05, 0.1) is 12.7 Å². The van der Waals surface area contributed by atoms with Gasteiger partial charge in [-0.15, -0.1) is 0 Å². The molecule has 1 aromatic rings. The molecule has 0 atom stereocenters. The van der Waals surface area contributed by atoms with Gasteiger partial charge in [0.2, 0.25) is 0 Å². The third kappa shape index (κ3) is 4.45. The standard InChI is InChI=1S/C15H20O/c1-4-14(11-8-12-16-13(2)3)15-9-6-5-7-10-15/h4-7,9-11,13H,1,8,12H2,2-3H3/b14-11+. The highest BCUT2D eigenvalue weighted by atomic mass is 16.5. The Morgan fingerprint density at radius 2 is 2.00 bits per heavy atom. The quantitative estimate of drug-likeness (QED) is 0.514. The zero-order valence-corrected chi connectivity index (χ0v) is 10.1. The van der Waals surface area contributed by atoms with Gasteiger partial charge in [-0.2, -0.15) is 0 Å². The van der Waals surface area contributed by atoms with Crippen LogP contribution in [-0.4, -0.2) is 12.7 Å². The normalized spacial score (nSPS) is 11.8. The molecule has 1 aromatic carbocycles. The van der Waals surface area contributed by atoms with Crippen molar-refractivity contribution < 1.29 is 4.74 Å². The van der Waals surface area contributed by atoms with Crippen molar-refractivity contribution in [3.05, 3.63) is 54.6 Å². The SMILES string of the molecule is C=C/C(=C\CCOC(C)C)c1ccccc1. The van der Waals surface area contributed by atoms with E-state index < -0.39 is 0 Å². The Morgan fingerprint density at radius 3 is 2.56 bits per heavy atom. The van der Waals surface area contributed by atoms with E-state index in [1.165, 1.54) is 11.1 Å². The van der Waals surface area contributed by atoms with E-state index in [1.807, 2.05) is 24.3 Å². The second kappa shape index (κ2) is 7.02. The minimum atomic E-state index is 0.303. The molecule has 1 rings (SSSR count). The lowest BCUT2D eigenvalue weighted by Crippen LogP contribution is -2.02. The number of hydrogen-bond acceptors (Lipinski definition) is 1. The van der Waals surface area contributed by atoms with Crippen molar-refractivity contribution in [1.82, 2.24) is 0 Å². The van der Waals surface area contributed by atoms with E-state index in [-0.39, 0.29) is 0 Å². The predicted molar refractivity (Wildman–Crippen MR) is 70.3 cm³/mol. The molecule has 0 bridgehead atoms. The summed E-state index contributed by atoms with van der Waals surface area (Å²) in [6.07, 6.45) is 5.29. The molecule has 0 aliphatic carbocycles. The molecule has 0 aromatic heterocycles. The van der Waals surface area contributed by atoms with Crippen LogP contribution in [0.4, 0.5) is 0 Å². The van der Waals surface area contributed by atoms with Crippen LogP contribution >= 0.6 is 0 Å². The van der Waals surface area contributed by atoms with Gasteiger partial charge in [0, 0.05) is 0 Å². The highest BCUT2D eigenvalue weighted by Crippen LogP contribution is 2.15. The fourth-order valence-electron chi connectivity index (χ4n) is 1.47. The number of benzene rings is 1. The Bertz CT molecular complexity index is 336. The Kier molecular flexibility index (Phi) is 5.58. The summed E-state index contributed by atoms with van der Waals surface area (Å²) in [5, 5.41) is 0. The molecule has 0 aliphatic heterocycles. The highest BCUT2D eigenvalue weighted by molar-refractivity contribution is 5.73. The number of hydrogen-bond donors (Lipinski definition) is 0. The fourth-order valence-corrected chi connectivity index (χ4v) is 1.47. The summed E-state index contributed by atoms with van der Waals surface area (Å²) in [4.78, 5) is 0. The van der Waals surface area contributed by atoms with Gasteiger partial charge in [-0.1, -0.05) is 49.1 Å². The van der Waals surface area contributed by atoms with Crippen molar-refractivity contribution >= 4 is 5.57 Å². The van der Waals surface area contributed by atoms with E-state index in [1.54, 1.807) is 0 Å². The van der Waals surface area contributed by atoms with Crippen LogP contribution in [0.3, 0.4) is 0 Å². The second-order valence-corrected chi connectivity index (χ2v) is 3.94. The van der Waals surface area contributed by atoms with Crippen molar-refractivity contribution in [1.29, 1.82) is 0 Å². The lowest BCUT2D eigenvalue weighted by Gasteiger charge is -2.06. The summed E-state index contributed by atoms with van der Waals surface area (Å²) in [7, 11) is 0. The molecule has 1 heteroatoms. The maximum atomic E-state index is 5.49. The van der Waals surface area contributed by atoms with Gasteiger partial charge in [-0.3, -0.25) is 0 Å². The van der Waals surface area contributed by atoms with Gasteiger partial charge in [0.1, 0.15) is 0 Å². The minimum Gasteiger partial charge on any atom is -0.378 e. The van der Waals surface area contributed by atoms with Crippen LogP contribution in [0.15, 0.2) is 49.1 Å². The zero-order valence-electron chi connectivity index (χ0n) is 10.1. The van der Waals surface area contributed by atoms with E-state index in [2.05, 4.69) is 38.6 Å². The largest absolute Gasteiger partial charge is 0.378 e. The number of ether oxygens (including phenoxy) is 1. The molecule has 1 nitrogen and oxygen atoms in total. The van der Waals surface area contributed by atoms with Crippen LogP contribution in [0.5, 0.6) is 0 Å². The Labute approximate surface area is 98.5 Å². The first-order chi connectivity index (χ1) is 7.74. The topological polar surface area (TPSA) is 9.23 Å². The smallest absolute Gasteiger partial charge is 0.0519 e. The molecule has 0 spiro atoms. The highest BCUT2D eigenvalue weighted by Gasteiger charge is 1.96. The molecular formula is C15H20O. The van der Waals surface area contributed by atoms with Crippen molar-refractivity contribution in [3.63, 3.8) is 0 Å². The Balaban J connectivity index is 2.54. The molecule has 86 valence electrons. The van der Waals surface area contributed by atoms with Crippen LogP contribution in [0.25, 0.3) is 5.57 Å². The van der Waals surface area contributed by atoms with Crippen molar-refractivity contribution in [2.45, 2.75) is 26.4 Å². The van der Waals surface area contributed by atoms with Crippen LogP contribution < -0.4 is 0 Å². The van der Waals surface area contributed by atoms with E-state index in [9.17, 15) is 0 Å². The molecular weight excluding hydrogens is 196 g/mol. The Hall–Kier alpha value is -1.34. The third-order valence-electron chi connectivity index (χ3n) is 2.26. The molecule has 0 amide bonds. The summed E-state index contributed by atoms with van der Waals surface area (Å²) >= 11 is 0. The molecule has 0 saturated heterocycles. The molecule has 0 unspecified atom stereocenters. The minimum absolute atomic E-state index is 0.303. The third-order valence-corrected chi connectivity index (χ3v) is 2.26. The lowest BCUT2D eigenvalue weighted by atomic mass is 10.1. The first-order valence-corrected chi connectivity index (χ1v) is 5.73. The molecule has 16 heavy (non-hydrogen) atoms. The number of allylic oxidation sites excluding steroid dienone is 2. The van der Waals surface area contributed by atoms with Gasteiger partial charge in [0.15, 0.2) is 0 Å². The predicted octanol–water partition coefficient (Wildman–Crippen LogP) is 4.07. The van der Waals surface area contributed by atoms with Crippen LogP contribution in [0.2, 0.25) is 0 Å². The maximum Gasteiger partial charge on any atom is 0.0519 e. The molecule has 0 N–H and O–H groups in total. The Morgan fingerprint density at radius 1 is 1.31 bits per heavy atom. The van der Waals surface area contributed by atoms with Gasteiger partial charge >= 0.3 is 0 Å². The summed E-state index contributed by atoms with van der Waals surface area (Å²) in [5.74, 6) is 0.